The number of nitrogens with one attached hydrogen (secondary N) is 2. The van der Waals surface area contributed by atoms with Gasteiger partial charge in [0, 0.05) is 39.2 Å². The van der Waals surface area contributed by atoms with E-state index in [2.05, 4.69) is 60.5 Å². The number of guanidine groups is 1. The molecule has 0 bridgehead atoms. The monoisotopic (exact) mass is 365 g/mol. The van der Waals surface area contributed by atoms with Gasteiger partial charge in [-0.15, -0.1) is 0 Å². The minimum absolute atomic E-state index is 0.131. The van der Waals surface area contributed by atoms with Crippen LogP contribution in [0.15, 0.2) is 4.99 Å². The van der Waals surface area contributed by atoms with E-state index in [1.165, 1.54) is 0 Å². The van der Waals surface area contributed by atoms with Gasteiger partial charge in [-0.2, -0.15) is 5.10 Å². The quantitative estimate of drug-likeness (QED) is 0.526. The zero-order chi connectivity index (χ0) is 19.2. The van der Waals surface area contributed by atoms with Gasteiger partial charge in [-0.3, -0.25) is 4.99 Å². The van der Waals surface area contributed by atoms with Crippen molar-refractivity contribution in [2.45, 2.75) is 52.8 Å². The predicted molar refractivity (Wildman–Crippen MR) is 104 cm³/mol. The van der Waals surface area contributed by atoms with Crippen LogP contribution in [0.2, 0.25) is 0 Å². The molecule has 8 nitrogen and oxygen atoms in total. The molecule has 26 heavy (non-hydrogen) atoms. The molecule has 0 fully saturated rings. The summed E-state index contributed by atoms with van der Waals surface area (Å²) < 4.78 is 7.13. The predicted octanol–water partition coefficient (Wildman–Crippen LogP) is 0.882. The number of aliphatic imine (C=N–C) groups is 1. The second-order valence-electron chi connectivity index (χ2n) is 8.04. The van der Waals surface area contributed by atoms with E-state index in [9.17, 15) is 0 Å². The van der Waals surface area contributed by atoms with E-state index in [1.807, 2.05) is 4.68 Å². The molecule has 0 amide bonds. The summed E-state index contributed by atoms with van der Waals surface area (Å²) in [5.74, 6) is 2.68. The van der Waals surface area contributed by atoms with Gasteiger partial charge in [-0.25, -0.2) is 9.67 Å². The summed E-state index contributed by atoms with van der Waals surface area (Å²) >= 11 is 0. The van der Waals surface area contributed by atoms with Crippen molar-refractivity contribution in [3.63, 3.8) is 0 Å². The zero-order valence-corrected chi connectivity index (χ0v) is 17.2. The highest BCUT2D eigenvalue weighted by Crippen LogP contribution is 2.17. The number of nitrogens with zero attached hydrogens (tertiary/aromatic N) is 5. The van der Waals surface area contributed by atoms with Crippen molar-refractivity contribution in [3.8, 4) is 0 Å². The molecule has 1 aliphatic rings. The fraction of sp³-hybridized carbons (Fsp3) is 0.833. The molecule has 0 aliphatic carbocycles. The SMILES string of the molecule is CCNC(=NCC(C)(C)CN(C)C)NC1CCc2nc(COC)nn2C1. The average molecular weight is 366 g/mol. The third kappa shape index (κ3) is 6.25. The minimum Gasteiger partial charge on any atom is -0.377 e. The Kier molecular flexibility index (Phi) is 7.40. The van der Waals surface area contributed by atoms with Crippen molar-refractivity contribution >= 4 is 5.96 Å². The maximum absolute atomic E-state index is 5.13. The van der Waals surface area contributed by atoms with Crippen molar-refractivity contribution in [3.05, 3.63) is 11.6 Å². The summed E-state index contributed by atoms with van der Waals surface area (Å²) in [4.78, 5) is 11.6. The second-order valence-corrected chi connectivity index (χ2v) is 8.04. The summed E-state index contributed by atoms with van der Waals surface area (Å²) in [5.41, 5.74) is 0.131. The molecule has 2 rings (SSSR count). The van der Waals surface area contributed by atoms with Crippen LogP contribution in [0.4, 0.5) is 0 Å². The highest BCUT2D eigenvalue weighted by Gasteiger charge is 2.23. The number of hydrogen-bond donors (Lipinski definition) is 2. The van der Waals surface area contributed by atoms with Crippen LogP contribution in [0.1, 0.15) is 38.8 Å². The Morgan fingerprint density at radius 1 is 1.42 bits per heavy atom. The van der Waals surface area contributed by atoms with Gasteiger partial charge in [-0.05, 0) is 32.9 Å². The topological polar surface area (TPSA) is 79.6 Å². The molecule has 8 heteroatoms. The van der Waals surface area contributed by atoms with Crippen LogP contribution in [0, 0.1) is 5.41 Å². The molecule has 1 aromatic heterocycles. The molecule has 2 N–H and O–H groups in total. The molecule has 148 valence electrons. The smallest absolute Gasteiger partial charge is 0.191 e. The van der Waals surface area contributed by atoms with Crippen LogP contribution in [0.25, 0.3) is 0 Å². The Morgan fingerprint density at radius 3 is 2.85 bits per heavy atom. The van der Waals surface area contributed by atoms with E-state index in [0.29, 0.717) is 12.6 Å². The molecule has 0 saturated heterocycles. The Hall–Kier alpha value is -1.67. The average Bonchev–Trinajstić information content (AvgIpc) is 2.94. The third-order valence-corrected chi connectivity index (χ3v) is 4.27. The van der Waals surface area contributed by atoms with E-state index in [0.717, 1.165) is 56.6 Å². The molecule has 1 unspecified atom stereocenters. The van der Waals surface area contributed by atoms with Crippen molar-refractivity contribution in [2.24, 2.45) is 10.4 Å². The van der Waals surface area contributed by atoms with E-state index in [4.69, 9.17) is 9.73 Å². The largest absolute Gasteiger partial charge is 0.377 e. The van der Waals surface area contributed by atoms with Crippen molar-refractivity contribution < 1.29 is 4.74 Å². The number of hydrogen-bond acceptors (Lipinski definition) is 5. The lowest BCUT2D eigenvalue weighted by molar-refractivity contribution is 0.177. The Balaban J connectivity index is 1.97. The highest BCUT2D eigenvalue weighted by atomic mass is 16.5. The molecule has 0 spiro atoms. The number of aromatic nitrogens is 3. The fourth-order valence-electron chi connectivity index (χ4n) is 3.38. The first-order valence-electron chi connectivity index (χ1n) is 9.44. The minimum atomic E-state index is 0.131. The van der Waals surface area contributed by atoms with E-state index >= 15 is 0 Å². The lowest BCUT2D eigenvalue weighted by atomic mass is 9.93. The van der Waals surface area contributed by atoms with Crippen molar-refractivity contribution in [1.29, 1.82) is 0 Å². The van der Waals surface area contributed by atoms with Gasteiger partial charge in [0.1, 0.15) is 12.4 Å². The summed E-state index contributed by atoms with van der Waals surface area (Å²) in [6.07, 6.45) is 1.94. The molecule has 1 aromatic rings. The first-order valence-corrected chi connectivity index (χ1v) is 9.44. The summed E-state index contributed by atoms with van der Waals surface area (Å²) in [5, 5.41) is 11.5. The van der Waals surface area contributed by atoms with Gasteiger partial charge >= 0.3 is 0 Å². The summed E-state index contributed by atoms with van der Waals surface area (Å²) in [6, 6.07) is 0.300. The number of fused-ring (bicyclic) bond motifs is 1. The van der Waals surface area contributed by atoms with E-state index in [-0.39, 0.29) is 5.41 Å². The number of methoxy groups -OCH3 is 1. The Morgan fingerprint density at radius 2 is 2.19 bits per heavy atom. The van der Waals surface area contributed by atoms with Crippen LogP contribution >= 0.6 is 0 Å². The molecule has 0 aromatic carbocycles. The molecule has 0 radical (unpaired) electrons. The van der Waals surface area contributed by atoms with Gasteiger partial charge in [0.15, 0.2) is 11.8 Å². The van der Waals surface area contributed by atoms with Crippen molar-refractivity contribution in [2.75, 3.05) is 40.8 Å². The maximum Gasteiger partial charge on any atom is 0.191 e. The second kappa shape index (κ2) is 9.32. The zero-order valence-electron chi connectivity index (χ0n) is 17.2. The maximum atomic E-state index is 5.13. The van der Waals surface area contributed by atoms with E-state index < -0.39 is 0 Å². The Bertz CT molecular complexity index is 594. The molecular formula is C18H35N7O. The number of ether oxygens (including phenoxy) is 1. The lowest BCUT2D eigenvalue weighted by Gasteiger charge is -2.28. The van der Waals surface area contributed by atoms with Crippen LogP contribution in [0.3, 0.4) is 0 Å². The van der Waals surface area contributed by atoms with Gasteiger partial charge < -0.3 is 20.3 Å². The molecule has 1 atom stereocenters. The molecule has 2 heterocycles. The fourth-order valence-corrected chi connectivity index (χ4v) is 3.38. The van der Waals surface area contributed by atoms with Gasteiger partial charge in [0.05, 0.1) is 6.54 Å². The number of rotatable bonds is 8. The first kappa shape index (κ1) is 20.6. The molecule has 0 saturated carbocycles. The van der Waals surface area contributed by atoms with Crippen LogP contribution in [-0.2, 0) is 24.3 Å². The Labute approximate surface area is 157 Å². The van der Waals surface area contributed by atoms with Crippen molar-refractivity contribution in [1.82, 2.24) is 30.3 Å². The third-order valence-electron chi connectivity index (χ3n) is 4.27. The standard InChI is InChI=1S/C18H35N7O/c1-7-19-17(20-12-18(2,3)13-24(4)5)21-14-8-9-16-22-15(11-26-6)23-25(16)10-14/h14H,7-13H2,1-6H3,(H2,19,20,21). The molecule has 1 aliphatic heterocycles. The van der Waals surface area contributed by atoms with Gasteiger partial charge in [0.25, 0.3) is 0 Å². The van der Waals surface area contributed by atoms with Crippen LogP contribution in [-0.4, -0.2) is 72.5 Å². The molecular weight excluding hydrogens is 330 g/mol. The summed E-state index contributed by atoms with van der Waals surface area (Å²) in [7, 11) is 5.87. The lowest BCUT2D eigenvalue weighted by Crippen LogP contribution is -2.47. The number of aryl methyl sites for hydroxylation is 1. The van der Waals surface area contributed by atoms with E-state index in [1.54, 1.807) is 7.11 Å². The van der Waals surface area contributed by atoms with Crippen LogP contribution < -0.4 is 10.6 Å². The normalized spacial score (nSPS) is 18.1. The van der Waals surface area contributed by atoms with Gasteiger partial charge in [0.2, 0.25) is 0 Å². The van der Waals surface area contributed by atoms with Crippen LogP contribution in [0.5, 0.6) is 0 Å². The summed E-state index contributed by atoms with van der Waals surface area (Å²) in [6.45, 7) is 10.5. The van der Waals surface area contributed by atoms with Gasteiger partial charge in [-0.1, -0.05) is 13.8 Å². The highest BCUT2D eigenvalue weighted by molar-refractivity contribution is 5.80. The first-order chi connectivity index (χ1) is 12.3.